The van der Waals surface area contributed by atoms with Crippen molar-refractivity contribution >= 4 is 11.7 Å². The summed E-state index contributed by atoms with van der Waals surface area (Å²) in [4.78, 5) is 13.8. The van der Waals surface area contributed by atoms with Gasteiger partial charge in [0.05, 0.1) is 17.4 Å². The Hall–Kier alpha value is -2.71. The van der Waals surface area contributed by atoms with Crippen LogP contribution in [0.2, 0.25) is 0 Å². The van der Waals surface area contributed by atoms with Crippen molar-refractivity contribution in [3.05, 3.63) is 53.1 Å². The number of aliphatic carboxylic acids is 1. The molecule has 1 heterocycles. The summed E-state index contributed by atoms with van der Waals surface area (Å²) in [5.74, 6) is -3.23. The monoisotopic (exact) mass is 487 g/mol. The fourth-order valence-corrected chi connectivity index (χ4v) is 4.58. The molecule has 1 atom stereocenters. The highest BCUT2D eigenvalue weighted by Crippen LogP contribution is 2.40. The Kier molecular flexibility index (Phi) is 7.53. The van der Waals surface area contributed by atoms with E-state index in [0.29, 0.717) is 40.8 Å². The third-order valence-corrected chi connectivity index (χ3v) is 6.52. The third kappa shape index (κ3) is 5.67. The fourth-order valence-electron chi connectivity index (χ4n) is 4.58. The molecule has 2 aromatic carbocycles. The minimum absolute atomic E-state index is 0.0693. The van der Waals surface area contributed by atoms with Gasteiger partial charge in [0.1, 0.15) is 0 Å². The molecule has 34 heavy (non-hydrogen) atoms. The lowest BCUT2D eigenvalue weighted by Gasteiger charge is -2.36. The summed E-state index contributed by atoms with van der Waals surface area (Å²) in [6.07, 6.45) is -7.92. The van der Waals surface area contributed by atoms with Gasteiger partial charge >= 0.3 is 18.3 Å². The molecule has 0 amide bonds. The summed E-state index contributed by atoms with van der Waals surface area (Å²) in [7, 11) is 0. The van der Waals surface area contributed by atoms with Gasteiger partial charge in [0, 0.05) is 18.8 Å². The van der Waals surface area contributed by atoms with Crippen LogP contribution in [0.5, 0.6) is 0 Å². The Balaban J connectivity index is 2.06. The second kappa shape index (κ2) is 9.88. The predicted octanol–water partition coefficient (Wildman–Crippen LogP) is 7.43. The number of carbonyl (C=O) groups is 1. The van der Waals surface area contributed by atoms with Crippen molar-refractivity contribution in [2.45, 2.75) is 57.8 Å². The van der Waals surface area contributed by atoms with E-state index in [1.54, 1.807) is 19.1 Å². The first kappa shape index (κ1) is 25.9. The largest absolute Gasteiger partial charge is 0.481 e. The minimum atomic E-state index is -4.49. The highest BCUT2D eigenvalue weighted by molar-refractivity contribution is 5.81. The zero-order valence-corrected chi connectivity index (χ0v) is 18.9. The van der Waals surface area contributed by atoms with Crippen molar-refractivity contribution in [1.82, 2.24) is 0 Å². The molecule has 1 aliphatic heterocycles. The first-order valence-electron chi connectivity index (χ1n) is 11.2. The molecular weight excluding hydrogens is 460 g/mol. The van der Waals surface area contributed by atoms with Crippen molar-refractivity contribution in [2.75, 3.05) is 18.0 Å². The van der Waals surface area contributed by atoms with Crippen LogP contribution in [0.3, 0.4) is 0 Å². The number of nitrogens with zero attached hydrogens (tertiary/aromatic N) is 1. The number of hydrogen-bond donors (Lipinski definition) is 1. The van der Waals surface area contributed by atoms with Crippen LogP contribution < -0.4 is 4.90 Å². The number of halogens is 6. The quantitative estimate of drug-likeness (QED) is 0.431. The molecule has 1 N–H and O–H groups in total. The maximum Gasteiger partial charge on any atom is 0.416 e. The summed E-state index contributed by atoms with van der Waals surface area (Å²) in [6, 6.07) is 7.99. The van der Waals surface area contributed by atoms with E-state index in [0.717, 1.165) is 12.1 Å². The van der Waals surface area contributed by atoms with Crippen LogP contribution in [-0.4, -0.2) is 30.3 Å². The smallest absolute Gasteiger partial charge is 0.416 e. The van der Waals surface area contributed by atoms with Crippen LogP contribution in [-0.2, 0) is 11.0 Å². The standard InChI is InChI=1S/C25H27F6NO2/c1-3-4-20(23(33)34)21-13-17(16-5-7-18(8-6-16)24(26,27)28)14-22(15(21)2)32-11-9-19(10-12-32)25(29,30)31/h5-8,13-14,19-20H,3-4,9-12H2,1-2H3,(H,33,34). The normalized spacial score (nSPS) is 16.5. The number of piperidine rings is 1. The zero-order chi connectivity index (χ0) is 25.3. The molecule has 1 fully saturated rings. The molecule has 0 saturated carbocycles. The van der Waals surface area contributed by atoms with Gasteiger partial charge in [0.15, 0.2) is 0 Å². The molecule has 0 aromatic heterocycles. The zero-order valence-electron chi connectivity index (χ0n) is 18.9. The number of carboxylic acids is 1. The molecule has 1 saturated heterocycles. The molecule has 0 radical (unpaired) electrons. The summed E-state index contributed by atoms with van der Waals surface area (Å²) < 4.78 is 78.4. The van der Waals surface area contributed by atoms with Crippen molar-refractivity contribution in [3.8, 4) is 11.1 Å². The Morgan fingerprint density at radius 1 is 1.03 bits per heavy atom. The summed E-state index contributed by atoms with van der Waals surface area (Å²) in [5, 5.41) is 9.83. The summed E-state index contributed by atoms with van der Waals surface area (Å²) in [6.45, 7) is 3.93. The number of carboxylic acid groups (broad SMARTS) is 1. The van der Waals surface area contributed by atoms with Gasteiger partial charge in [0.2, 0.25) is 0 Å². The number of benzene rings is 2. The molecule has 3 nitrogen and oxygen atoms in total. The topological polar surface area (TPSA) is 40.5 Å². The van der Waals surface area contributed by atoms with Crippen molar-refractivity contribution in [1.29, 1.82) is 0 Å². The molecule has 9 heteroatoms. The lowest BCUT2D eigenvalue weighted by atomic mass is 9.86. The maximum absolute atomic E-state index is 13.1. The van der Waals surface area contributed by atoms with Crippen LogP contribution in [0.25, 0.3) is 11.1 Å². The van der Waals surface area contributed by atoms with Crippen LogP contribution >= 0.6 is 0 Å². The van der Waals surface area contributed by atoms with Crippen molar-refractivity contribution in [2.24, 2.45) is 5.92 Å². The molecular formula is C25H27F6NO2. The summed E-state index contributed by atoms with van der Waals surface area (Å²) in [5.41, 5.74) is 2.02. The van der Waals surface area contributed by atoms with Crippen LogP contribution in [0, 0.1) is 12.8 Å². The second-order valence-electron chi connectivity index (χ2n) is 8.77. The van der Waals surface area contributed by atoms with E-state index in [9.17, 15) is 36.2 Å². The first-order valence-corrected chi connectivity index (χ1v) is 11.2. The highest BCUT2D eigenvalue weighted by Gasteiger charge is 2.41. The van der Waals surface area contributed by atoms with Gasteiger partial charge in [0.25, 0.3) is 0 Å². The lowest BCUT2D eigenvalue weighted by molar-refractivity contribution is -0.179. The maximum atomic E-state index is 13.1. The molecule has 3 rings (SSSR count). The lowest BCUT2D eigenvalue weighted by Crippen LogP contribution is -2.39. The molecule has 0 aliphatic carbocycles. The van der Waals surface area contributed by atoms with E-state index < -0.39 is 35.7 Å². The van der Waals surface area contributed by atoms with Gasteiger partial charge in [-0.15, -0.1) is 0 Å². The van der Waals surface area contributed by atoms with Crippen molar-refractivity contribution < 1.29 is 36.2 Å². The predicted molar refractivity (Wildman–Crippen MR) is 118 cm³/mol. The van der Waals surface area contributed by atoms with Gasteiger partial charge in [-0.1, -0.05) is 25.5 Å². The van der Waals surface area contributed by atoms with Crippen LogP contribution in [0.1, 0.15) is 55.2 Å². The van der Waals surface area contributed by atoms with Gasteiger partial charge < -0.3 is 10.0 Å². The Morgan fingerprint density at radius 3 is 2.09 bits per heavy atom. The summed E-state index contributed by atoms with van der Waals surface area (Å²) >= 11 is 0. The number of rotatable bonds is 6. The molecule has 0 bridgehead atoms. The molecule has 1 aliphatic rings. The Bertz CT molecular complexity index is 1010. The van der Waals surface area contributed by atoms with Gasteiger partial charge in [-0.05, 0) is 72.7 Å². The first-order chi connectivity index (χ1) is 15.8. The van der Waals surface area contributed by atoms with E-state index in [4.69, 9.17) is 0 Å². The molecule has 0 spiro atoms. The SMILES string of the molecule is CCCC(C(=O)O)c1cc(-c2ccc(C(F)(F)F)cc2)cc(N2CCC(C(F)(F)F)CC2)c1C. The number of anilines is 1. The highest BCUT2D eigenvalue weighted by atomic mass is 19.4. The van der Waals surface area contributed by atoms with Gasteiger partial charge in [-0.25, -0.2) is 0 Å². The Labute approximate surface area is 194 Å². The van der Waals surface area contributed by atoms with Crippen LogP contribution in [0.15, 0.2) is 36.4 Å². The molecule has 186 valence electrons. The van der Waals surface area contributed by atoms with Crippen molar-refractivity contribution in [3.63, 3.8) is 0 Å². The fraction of sp³-hybridized carbons (Fsp3) is 0.480. The molecule has 1 unspecified atom stereocenters. The average Bonchev–Trinajstić information content (AvgIpc) is 2.77. The number of alkyl halides is 6. The minimum Gasteiger partial charge on any atom is -0.481 e. The van der Waals surface area contributed by atoms with Gasteiger partial charge in [-0.2, -0.15) is 26.3 Å². The van der Waals surface area contributed by atoms with Crippen LogP contribution in [0.4, 0.5) is 32.0 Å². The van der Waals surface area contributed by atoms with E-state index in [-0.39, 0.29) is 25.9 Å². The third-order valence-electron chi connectivity index (χ3n) is 6.52. The second-order valence-corrected chi connectivity index (χ2v) is 8.77. The van der Waals surface area contributed by atoms with E-state index in [1.807, 2.05) is 11.8 Å². The average molecular weight is 487 g/mol. The Morgan fingerprint density at radius 2 is 1.62 bits per heavy atom. The van der Waals surface area contributed by atoms with E-state index in [2.05, 4.69) is 0 Å². The molecule has 2 aromatic rings. The van der Waals surface area contributed by atoms with Gasteiger partial charge in [-0.3, -0.25) is 4.79 Å². The van der Waals surface area contributed by atoms with E-state index in [1.165, 1.54) is 12.1 Å². The number of hydrogen-bond acceptors (Lipinski definition) is 2. The van der Waals surface area contributed by atoms with E-state index >= 15 is 0 Å².